The molecule has 170 valence electrons. The lowest BCUT2D eigenvalue weighted by atomic mass is 10.0. The van der Waals surface area contributed by atoms with Gasteiger partial charge in [-0.3, -0.25) is 19.1 Å². The molecule has 1 aromatic heterocycles. The molecule has 3 aliphatic rings. The number of carbonyl (C=O) groups excluding carboxylic acids is 1. The van der Waals surface area contributed by atoms with E-state index in [-0.39, 0.29) is 23.1 Å². The lowest BCUT2D eigenvalue weighted by Crippen LogP contribution is -2.35. The van der Waals surface area contributed by atoms with Crippen LogP contribution in [0.5, 0.6) is 0 Å². The van der Waals surface area contributed by atoms with Gasteiger partial charge in [0.25, 0.3) is 11.5 Å². The number of pyridine rings is 1. The average Bonchev–Trinajstić information content (AvgIpc) is 3.52. The molecule has 9 heteroatoms. The van der Waals surface area contributed by atoms with Crippen molar-refractivity contribution < 1.29 is 9.53 Å². The first-order chi connectivity index (χ1) is 15.5. The molecule has 3 fully saturated rings. The number of carbonyl (C=O) groups is 1. The predicted octanol–water partition coefficient (Wildman–Crippen LogP) is 3.42. The number of amides is 1. The van der Waals surface area contributed by atoms with Crippen molar-refractivity contribution in [2.75, 3.05) is 31.1 Å². The highest BCUT2D eigenvalue weighted by Crippen LogP contribution is 2.37. The molecule has 1 aromatic rings. The molecule has 4 rings (SSSR count). The Labute approximate surface area is 198 Å². The normalized spacial score (nSPS) is 22.4. The van der Waals surface area contributed by atoms with E-state index < -0.39 is 0 Å². The first-order valence-electron chi connectivity index (χ1n) is 11.3. The van der Waals surface area contributed by atoms with Crippen LogP contribution in [0.2, 0.25) is 0 Å². The summed E-state index contributed by atoms with van der Waals surface area (Å²) in [5.74, 6) is 0.685. The number of rotatable bonds is 6. The van der Waals surface area contributed by atoms with Gasteiger partial charge in [-0.25, -0.2) is 0 Å². The van der Waals surface area contributed by atoms with Crippen molar-refractivity contribution in [1.29, 1.82) is 5.26 Å². The average molecular weight is 473 g/mol. The summed E-state index contributed by atoms with van der Waals surface area (Å²) in [5.41, 5.74) is 1.28. The Balaban J connectivity index is 1.80. The molecule has 32 heavy (non-hydrogen) atoms. The van der Waals surface area contributed by atoms with E-state index in [1.165, 1.54) is 11.8 Å². The summed E-state index contributed by atoms with van der Waals surface area (Å²) >= 11 is 6.79. The van der Waals surface area contributed by atoms with Crippen LogP contribution in [0.3, 0.4) is 0 Å². The first kappa shape index (κ1) is 23.0. The molecule has 1 amide bonds. The number of nitrogens with zero attached hydrogens (tertiary/aromatic N) is 4. The van der Waals surface area contributed by atoms with Gasteiger partial charge in [0, 0.05) is 31.8 Å². The van der Waals surface area contributed by atoms with Crippen LogP contribution in [-0.2, 0) is 16.1 Å². The van der Waals surface area contributed by atoms with Crippen molar-refractivity contribution in [3.8, 4) is 6.07 Å². The lowest BCUT2D eigenvalue weighted by Gasteiger charge is -2.26. The summed E-state index contributed by atoms with van der Waals surface area (Å²) < 4.78 is 7.94. The van der Waals surface area contributed by atoms with E-state index in [9.17, 15) is 14.9 Å². The fraction of sp³-hybridized carbons (Fsp3) is 0.565. The smallest absolute Gasteiger partial charge is 0.270 e. The zero-order chi connectivity index (χ0) is 22.8. The molecule has 3 aliphatic heterocycles. The van der Waals surface area contributed by atoms with E-state index in [2.05, 4.69) is 11.0 Å². The fourth-order valence-corrected chi connectivity index (χ4v) is 5.88. The van der Waals surface area contributed by atoms with E-state index >= 15 is 0 Å². The largest absolute Gasteiger partial charge is 0.376 e. The van der Waals surface area contributed by atoms with Crippen LogP contribution in [0, 0.1) is 18.3 Å². The number of hydrogen-bond acceptors (Lipinski definition) is 7. The van der Waals surface area contributed by atoms with Gasteiger partial charge in [-0.2, -0.15) is 5.26 Å². The maximum Gasteiger partial charge on any atom is 0.270 e. The van der Waals surface area contributed by atoms with Crippen LogP contribution in [-0.4, -0.2) is 52.0 Å². The number of nitriles is 1. The summed E-state index contributed by atoms with van der Waals surface area (Å²) in [6.45, 7) is 7.25. The summed E-state index contributed by atoms with van der Waals surface area (Å²) in [7, 11) is 0. The van der Waals surface area contributed by atoms with E-state index in [0.29, 0.717) is 27.9 Å². The molecule has 0 radical (unpaired) electrons. The highest BCUT2D eigenvalue weighted by Gasteiger charge is 2.35. The molecule has 1 unspecified atom stereocenters. The Kier molecular flexibility index (Phi) is 7.03. The van der Waals surface area contributed by atoms with Crippen molar-refractivity contribution in [3.05, 3.63) is 31.9 Å². The highest BCUT2D eigenvalue weighted by molar-refractivity contribution is 8.26. The Hall–Kier alpha value is -2.15. The van der Waals surface area contributed by atoms with Crippen molar-refractivity contribution in [1.82, 2.24) is 9.47 Å². The third kappa shape index (κ3) is 4.24. The number of ether oxygens (including phenoxy) is 1. The summed E-state index contributed by atoms with van der Waals surface area (Å²) in [6, 6.07) is 2.10. The lowest BCUT2D eigenvalue weighted by molar-refractivity contribution is -0.123. The predicted molar refractivity (Wildman–Crippen MR) is 131 cm³/mol. The summed E-state index contributed by atoms with van der Waals surface area (Å²) in [5, 5.41) is 9.72. The van der Waals surface area contributed by atoms with Crippen molar-refractivity contribution in [2.24, 2.45) is 0 Å². The van der Waals surface area contributed by atoms with Crippen LogP contribution in [0.15, 0.2) is 9.70 Å². The number of thioether (sulfide) groups is 1. The minimum atomic E-state index is -0.253. The Morgan fingerprint density at radius 3 is 2.66 bits per heavy atom. The maximum absolute atomic E-state index is 13.2. The second kappa shape index (κ2) is 9.77. The van der Waals surface area contributed by atoms with Crippen molar-refractivity contribution in [3.63, 3.8) is 0 Å². The SMILES string of the molecule is CCCn1c(N2CCCC2)c(C=C2SC(=S)N(CC3CCCO3)C2=O)c(C)c(C#N)c1=O. The standard InChI is InChI=1S/C23H28N4O3S2/c1-3-8-26-20(25-9-4-5-10-25)17(15(2)18(13-24)21(26)28)12-19-22(29)27(23(31)32-19)14-16-7-6-11-30-16/h12,16H,3-11,14H2,1-2H3. The number of anilines is 1. The van der Waals surface area contributed by atoms with E-state index in [4.69, 9.17) is 17.0 Å². The zero-order valence-corrected chi connectivity index (χ0v) is 20.2. The van der Waals surface area contributed by atoms with Crippen LogP contribution in [0.25, 0.3) is 6.08 Å². The molecule has 3 saturated heterocycles. The third-order valence-electron chi connectivity index (χ3n) is 6.26. The molecule has 0 spiro atoms. The Morgan fingerprint density at radius 1 is 1.28 bits per heavy atom. The van der Waals surface area contributed by atoms with Gasteiger partial charge in [0.1, 0.15) is 21.8 Å². The van der Waals surface area contributed by atoms with Gasteiger partial charge in [-0.15, -0.1) is 0 Å². The van der Waals surface area contributed by atoms with Gasteiger partial charge in [-0.05, 0) is 50.7 Å². The fourth-order valence-electron chi connectivity index (χ4n) is 4.63. The van der Waals surface area contributed by atoms with Crippen molar-refractivity contribution in [2.45, 2.75) is 58.6 Å². The second-order valence-corrected chi connectivity index (χ2v) is 10.1. The minimum Gasteiger partial charge on any atom is -0.376 e. The van der Waals surface area contributed by atoms with Gasteiger partial charge < -0.3 is 9.64 Å². The maximum atomic E-state index is 13.2. The van der Waals surface area contributed by atoms with Crippen LogP contribution >= 0.6 is 24.0 Å². The van der Waals surface area contributed by atoms with E-state index in [0.717, 1.165) is 63.2 Å². The van der Waals surface area contributed by atoms with Crippen LogP contribution in [0.1, 0.15) is 55.7 Å². The zero-order valence-electron chi connectivity index (χ0n) is 18.6. The molecule has 1 atom stereocenters. The quantitative estimate of drug-likeness (QED) is 0.464. The third-order valence-corrected chi connectivity index (χ3v) is 7.64. The molecule has 0 N–H and O–H groups in total. The molecule has 0 aliphatic carbocycles. The molecule has 0 bridgehead atoms. The minimum absolute atomic E-state index is 0.0235. The van der Waals surface area contributed by atoms with E-state index in [1.807, 2.05) is 13.0 Å². The summed E-state index contributed by atoms with van der Waals surface area (Å²) in [4.78, 5) is 30.7. The van der Waals surface area contributed by atoms with E-state index in [1.54, 1.807) is 16.4 Å². The summed E-state index contributed by atoms with van der Waals surface area (Å²) in [6.07, 6.45) is 6.69. The monoisotopic (exact) mass is 472 g/mol. The van der Waals surface area contributed by atoms with Crippen LogP contribution < -0.4 is 10.5 Å². The van der Waals surface area contributed by atoms with Gasteiger partial charge in [0.2, 0.25) is 0 Å². The van der Waals surface area contributed by atoms with Gasteiger partial charge in [-0.1, -0.05) is 30.9 Å². The van der Waals surface area contributed by atoms with Gasteiger partial charge >= 0.3 is 0 Å². The number of thiocarbonyl (C=S) groups is 1. The van der Waals surface area contributed by atoms with Crippen molar-refractivity contribution >= 4 is 46.1 Å². The Bertz CT molecular complexity index is 1060. The second-order valence-electron chi connectivity index (χ2n) is 8.43. The molecule has 7 nitrogen and oxygen atoms in total. The van der Waals surface area contributed by atoms with Gasteiger partial charge in [0.05, 0.1) is 17.6 Å². The van der Waals surface area contributed by atoms with Gasteiger partial charge in [0.15, 0.2) is 0 Å². The number of aromatic nitrogens is 1. The molecular weight excluding hydrogens is 444 g/mol. The highest BCUT2D eigenvalue weighted by atomic mass is 32.2. The molecular formula is C23H28N4O3S2. The Morgan fingerprint density at radius 2 is 2.03 bits per heavy atom. The topological polar surface area (TPSA) is 78.6 Å². The molecule has 4 heterocycles. The molecule has 0 aromatic carbocycles. The number of hydrogen-bond donors (Lipinski definition) is 0. The molecule has 0 saturated carbocycles. The van der Waals surface area contributed by atoms with Crippen LogP contribution in [0.4, 0.5) is 5.82 Å². The first-order valence-corrected chi connectivity index (χ1v) is 12.5.